The van der Waals surface area contributed by atoms with Gasteiger partial charge in [0.25, 0.3) is 15.9 Å². The van der Waals surface area contributed by atoms with Gasteiger partial charge in [-0.3, -0.25) is 9.52 Å². The molecule has 0 unspecified atom stereocenters. The van der Waals surface area contributed by atoms with Gasteiger partial charge in [0.05, 0.1) is 10.6 Å². The van der Waals surface area contributed by atoms with Crippen LogP contribution in [0, 0.1) is 0 Å². The molecule has 3 rings (SSSR count). The fourth-order valence-electron chi connectivity index (χ4n) is 2.18. The first-order valence-electron chi connectivity index (χ1n) is 7.28. The van der Waals surface area contributed by atoms with Gasteiger partial charge in [0.2, 0.25) is 0 Å². The monoisotopic (exact) mass is 426 g/mol. The molecule has 0 aliphatic rings. The largest absolute Gasteiger partial charge is 0.321 e. The Kier molecular flexibility index (Phi) is 5.52. The minimum Gasteiger partial charge on any atom is -0.321 e. The van der Waals surface area contributed by atoms with E-state index in [1.54, 1.807) is 41.8 Å². The molecule has 0 bridgehead atoms. The van der Waals surface area contributed by atoms with Gasteiger partial charge in [0.15, 0.2) is 0 Å². The summed E-state index contributed by atoms with van der Waals surface area (Å²) in [5, 5.41) is 5.04. The molecule has 0 aliphatic carbocycles. The number of amides is 1. The zero-order valence-corrected chi connectivity index (χ0v) is 16.2. The Morgan fingerprint density at radius 3 is 2.27 bits per heavy atom. The molecule has 9 heteroatoms. The summed E-state index contributed by atoms with van der Waals surface area (Å²) in [6.45, 7) is 0. The smallest absolute Gasteiger partial charge is 0.267 e. The summed E-state index contributed by atoms with van der Waals surface area (Å²) in [6, 6.07) is 14.1. The van der Waals surface area contributed by atoms with Gasteiger partial charge in [0, 0.05) is 15.7 Å². The zero-order valence-electron chi connectivity index (χ0n) is 13.1. The first kappa shape index (κ1) is 18.7. The first-order valence-corrected chi connectivity index (χ1v) is 10.4. The van der Waals surface area contributed by atoms with Gasteiger partial charge < -0.3 is 5.32 Å². The van der Waals surface area contributed by atoms with Crippen molar-refractivity contribution in [3.05, 3.63) is 74.9 Å². The molecule has 0 saturated heterocycles. The first-order chi connectivity index (χ1) is 12.3. The van der Waals surface area contributed by atoms with Gasteiger partial charge in [-0.05, 0) is 41.8 Å². The summed E-state index contributed by atoms with van der Waals surface area (Å²) in [6.07, 6.45) is 0. The van der Waals surface area contributed by atoms with Crippen molar-refractivity contribution in [1.29, 1.82) is 0 Å². The van der Waals surface area contributed by atoms with Crippen LogP contribution in [0.5, 0.6) is 0 Å². The van der Waals surface area contributed by atoms with Crippen LogP contribution in [0.15, 0.2) is 64.9 Å². The van der Waals surface area contributed by atoms with Crippen LogP contribution in [-0.4, -0.2) is 14.3 Å². The van der Waals surface area contributed by atoms with E-state index in [0.717, 1.165) is 11.3 Å². The van der Waals surface area contributed by atoms with E-state index in [2.05, 4.69) is 10.0 Å². The second-order valence-corrected chi connectivity index (χ2v) is 8.67. The van der Waals surface area contributed by atoms with Gasteiger partial charge in [-0.2, -0.15) is 0 Å². The summed E-state index contributed by atoms with van der Waals surface area (Å²) < 4.78 is 27.3. The lowest BCUT2D eigenvalue weighted by Crippen LogP contribution is -2.17. The van der Waals surface area contributed by atoms with Crippen LogP contribution in [0.25, 0.3) is 0 Å². The highest BCUT2D eigenvalue weighted by atomic mass is 35.5. The van der Waals surface area contributed by atoms with Crippen LogP contribution in [0.4, 0.5) is 11.4 Å². The summed E-state index contributed by atoms with van der Waals surface area (Å²) >= 11 is 13.0. The number of sulfonamides is 1. The van der Waals surface area contributed by atoms with Crippen LogP contribution in [0.2, 0.25) is 10.0 Å². The van der Waals surface area contributed by atoms with Gasteiger partial charge in [-0.1, -0.05) is 41.4 Å². The third-order valence-corrected chi connectivity index (χ3v) is 6.02. The number of benzene rings is 2. The molecular weight excluding hydrogens is 415 g/mol. The van der Waals surface area contributed by atoms with Crippen molar-refractivity contribution < 1.29 is 13.2 Å². The lowest BCUT2D eigenvalue weighted by molar-refractivity contribution is 0.103. The fraction of sp³-hybridized carbons (Fsp3) is 0. The maximum atomic E-state index is 12.5. The maximum Gasteiger partial charge on any atom is 0.267 e. The molecule has 0 radical (unpaired) electrons. The van der Waals surface area contributed by atoms with Crippen molar-refractivity contribution in [2.45, 2.75) is 4.90 Å². The molecule has 5 nitrogen and oxygen atoms in total. The number of nitrogens with one attached hydrogen (secondary N) is 2. The Hall–Kier alpha value is -2.06. The zero-order chi connectivity index (χ0) is 18.7. The van der Waals surface area contributed by atoms with Crippen molar-refractivity contribution in [3.63, 3.8) is 0 Å². The molecule has 0 saturated carbocycles. The summed E-state index contributed by atoms with van der Waals surface area (Å²) in [5.74, 6) is -0.468. The van der Waals surface area contributed by atoms with Crippen molar-refractivity contribution >= 4 is 61.8 Å². The number of anilines is 2. The summed E-state index contributed by atoms with van der Waals surface area (Å²) in [7, 11) is -3.79. The molecule has 0 atom stereocenters. The Morgan fingerprint density at radius 2 is 1.62 bits per heavy atom. The number of rotatable bonds is 5. The Labute approximate surface area is 164 Å². The molecule has 2 N–H and O–H groups in total. The Morgan fingerprint density at radius 1 is 0.962 bits per heavy atom. The summed E-state index contributed by atoms with van der Waals surface area (Å²) in [5.41, 5.74) is 0.613. The molecule has 1 amide bonds. The van der Waals surface area contributed by atoms with Crippen molar-refractivity contribution in [3.8, 4) is 0 Å². The second kappa shape index (κ2) is 7.67. The predicted molar refractivity (Wildman–Crippen MR) is 106 cm³/mol. The molecule has 3 aromatic rings. The van der Waals surface area contributed by atoms with E-state index in [4.69, 9.17) is 23.2 Å². The molecule has 1 aromatic heterocycles. The van der Waals surface area contributed by atoms with Crippen molar-refractivity contribution in [2.75, 3.05) is 10.0 Å². The molecule has 0 fully saturated rings. The Balaban J connectivity index is 1.83. The minimum atomic E-state index is -3.79. The number of carbonyl (C=O) groups is 1. The molecule has 26 heavy (non-hydrogen) atoms. The van der Waals surface area contributed by atoms with E-state index in [1.807, 2.05) is 0 Å². The van der Waals surface area contributed by atoms with Gasteiger partial charge >= 0.3 is 0 Å². The van der Waals surface area contributed by atoms with Crippen molar-refractivity contribution in [1.82, 2.24) is 0 Å². The van der Waals surface area contributed by atoms with Crippen LogP contribution in [0.3, 0.4) is 0 Å². The van der Waals surface area contributed by atoms with Crippen LogP contribution >= 0.6 is 34.5 Å². The maximum absolute atomic E-state index is 12.5. The normalized spacial score (nSPS) is 11.2. The average molecular weight is 427 g/mol. The quantitative estimate of drug-likeness (QED) is 0.594. The number of hydrogen-bond acceptors (Lipinski definition) is 4. The highest BCUT2D eigenvalue weighted by molar-refractivity contribution is 7.92. The molecule has 2 aromatic carbocycles. The standard InChI is InChI=1S/C17H12Cl2N2O3S2/c18-11-8-12(19)10-13(9-11)20-17(22)16-15(6-7-25-16)21-26(23,24)14-4-2-1-3-5-14/h1-10,21H,(H,20,22). The van der Waals surface area contributed by atoms with Crippen LogP contribution in [0.1, 0.15) is 9.67 Å². The lowest BCUT2D eigenvalue weighted by atomic mass is 10.3. The number of hydrogen-bond donors (Lipinski definition) is 2. The van der Waals surface area contributed by atoms with E-state index in [1.165, 1.54) is 18.2 Å². The van der Waals surface area contributed by atoms with Gasteiger partial charge in [0.1, 0.15) is 4.88 Å². The third kappa shape index (κ3) is 4.37. The molecule has 0 aliphatic heterocycles. The number of carbonyl (C=O) groups excluding carboxylic acids is 1. The molecule has 134 valence electrons. The van der Waals surface area contributed by atoms with E-state index >= 15 is 0 Å². The lowest BCUT2D eigenvalue weighted by Gasteiger charge is -2.10. The van der Waals surface area contributed by atoms with E-state index in [-0.39, 0.29) is 15.5 Å². The van der Waals surface area contributed by atoms with Gasteiger partial charge in [-0.25, -0.2) is 8.42 Å². The van der Waals surface area contributed by atoms with Gasteiger partial charge in [-0.15, -0.1) is 11.3 Å². The van der Waals surface area contributed by atoms with Crippen LogP contribution < -0.4 is 10.0 Å². The minimum absolute atomic E-state index is 0.110. The highest BCUT2D eigenvalue weighted by Crippen LogP contribution is 2.28. The van der Waals surface area contributed by atoms with E-state index in [9.17, 15) is 13.2 Å². The number of halogens is 2. The van der Waals surface area contributed by atoms with Crippen molar-refractivity contribution in [2.24, 2.45) is 0 Å². The Bertz CT molecular complexity index is 1030. The number of thiophene rings is 1. The highest BCUT2D eigenvalue weighted by Gasteiger charge is 2.20. The average Bonchev–Trinajstić information content (AvgIpc) is 3.02. The molecular formula is C17H12Cl2N2O3S2. The SMILES string of the molecule is O=C(Nc1cc(Cl)cc(Cl)c1)c1sccc1NS(=O)(=O)c1ccccc1. The molecule has 1 heterocycles. The predicted octanol–water partition coefficient (Wildman–Crippen LogP) is 5.11. The summed E-state index contributed by atoms with van der Waals surface area (Å²) in [4.78, 5) is 12.9. The second-order valence-electron chi connectivity index (χ2n) is 5.19. The third-order valence-electron chi connectivity index (χ3n) is 3.29. The van der Waals surface area contributed by atoms with E-state index < -0.39 is 15.9 Å². The molecule has 0 spiro atoms. The topological polar surface area (TPSA) is 75.3 Å². The van der Waals surface area contributed by atoms with E-state index in [0.29, 0.717) is 15.7 Å². The van der Waals surface area contributed by atoms with Crippen LogP contribution in [-0.2, 0) is 10.0 Å². The fourth-order valence-corrected chi connectivity index (χ4v) is 4.61.